The minimum atomic E-state index is -1.72. The summed E-state index contributed by atoms with van der Waals surface area (Å²) in [5.41, 5.74) is 16.2. The van der Waals surface area contributed by atoms with Gasteiger partial charge in [0.1, 0.15) is 17.7 Å². The van der Waals surface area contributed by atoms with E-state index in [2.05, 4.69) is 211 Å². The number of aromatic nitrogens is 5. The van der Waals surface area contributed by atoms with E-state index in [0.717, 1.165) is 90.6 Å². The zero-order valence-electron chi connectivity index (χ0n) is 73.4. The molecule has 0 amide bonds. The standard InChI is InChI=1S/C23H22N2O3S.C23H21NO3S.C16H16NO.C14H13NO.C12H9N.C5H3ClOS.C2H5BrO.C2H5Br.2C2H3ClO.CH4.Al.3ClH/c1-3-28-11-10-25-20-8-6-16(15(2)24-27)13-18(20)19-14-17(7-9-21(19)25)23(26)22-5-4-12-29-22;1-3-27-11-10-24-20-8-6-16(15(2)25)13-18(20)19-14-17(7-9-21(19)24)23(26)22-5-4-12-28-22;1-2-18-12-11-17-15-9-5-3-7-13(15)14-8-4-6-10-16(14)17;16-10-9-15-13-7-3-1-5-11(13)12-6-2-4-8-14(12)15;1-3-7-11-9(5-1)10-6-2-4-8-12(10)13-11;6-5(7)4-2-1-3-8-4;3-1-2-4;1-2-3;2*1-2(3)4;;;;;/h4-9,12-14,27H,3,10-11H2,1-2H3;4-9,12-14H,3,10-11H2,1-2H3;3-5,7-10H,2,11-12H2,1H3;1-8,16H,9-10H2;1-8,13H;1-3H;4H,1-2H2;2H2,1H3;2*1H3;1H4;;3*1H/q;;+1;;;;;;;;;+3;;;/p-3/b24-15+;;;;;;;;;;;;;;. The second kappa shape index (κ2) is 58.1. The fourth-order valence-electron chi connectivity index (χ4n) is 14.2. The molecule has 0 spiro atoms. The zero-order valence-corrected chi connectivity index (χ0v) is 84.7. The number of rotatable bonds is 22. The number of allylic oxidation sites excluding steroid dienone is 2. The Morgan fingerprint density at radius 2 is 0.758 bits per heavy atom. The lowest BCUT2D eigenvalue weighted by atomic mass is 10.0. The number of hydrogen-bond donors (Lipinski definition) is 4. The van der Waals surface area contributed by atoms with E-state index in [9.17, 15) is 28.8 Å². The summed E-state index contributed by atoms with van der Waals surface area (Å²) in [6.45, 7) is 21.4. The van der Waals surface area contributed by atoms with Gasteiger partial charge in [0.15, 0.2) is 11.5 Å². The molecule has 132 heavy (non-hydrogen) atoms. The van der Waals surface area contributed by atoms with Gasteiger partial charge in [0, 0.05) is 179 Å². The van der Waals surface area contributed by atoms with Gasteiger partial charge < -0.3 is 48.3 Å². The summed E-state index contributed by atoms with van der Waals surface area (Å²) in [5, 5.41) is 46.2. The number of aliphatic hydroxyl groups excluding tert-OH is 2. The first kappa shape index (κ1) is 110. The number of nitrogens with zero attached hydrogens (tertiary/aromatic N) is 5. The number of halogens is 8. The molecule has 0 radical (unpaired) electrons. The van der Waals surface area contributed by atoms with Crippen LogP contribution in [0.2, 0.25) is 0 Å². The summed E-state index contributed by atoms with van der Waals surface area (Å²) >= 11 is 23.1. The lowest BCUT2D eigenvalue weighted by molar-refractivity contribution is -0.110. The first-order chi connectivity index (χ1) is 63.3. The predicted molar refractivity (Wildman–Crippen MR) is 567 cm³/mol. The zero-order chi connectivity index (χ0) is 94.9. The molecule has 0 unspecified atom stereocenters. The molecule has 30 heteroatoms. The second-order valence-electron chi connectivity index (χ2n) is 28.0. The Bertz CT molecular complexity index is 6540. The van der Waals surface area contributed by atoms with Crippen LogP contribution in [0.4, 0.5) is 0 Å². The summed E-state index contributed by atoms with van der Waals surface area (Å²) in [4.78, 5) is 71.7. The van der Waals surface area contributed by atoms with Crippen LogP contribution in [-0.4, -0.2) is 152 Å². The first-order valence-electron chi connectivity index (χ1n) is 41.7. The number of ether oxygens (including phenoxy) is 3. The van der Waals surface area contributed by atoms with Crippen molar-refractivity contribution in [2.45, 2.75) is 89.0 Å². The molecule has 18 nitrogen and oxygen atoms in total. The van der Waals surface area contributed by atoms with Crippen molar-refractivity contribution in [3.8, 4) is 0 Å². The SMILES string of the molecule is C.CC(=O)Cl.CC(=O)Cl.CCBr.CCOCCn1c2c(c3ccccc31)C=C[C+]=C2.CCOCCn1c2ccc(C(=O)c3cccs3)cc2c2cc(/C(C)=N/O)ccc21.CCOCCn1c2ccc(C(C)=O)cc2c2cc(C(=O)c3cccs3)ccc21.O=C(Cl)c1cccs1.OCCBr.OCCn1c2ccccc2c2ccccc21.[Cl][Al]([Cl])[Cl].c1ccc2c(c1)[nH]c1ccccc12. The number of para-hydroxylation sites is 5. The van der Waals surface area contributed by atoms with Crippen molar-refractivity contribution in [1.82, 2.24) is 23.3 Å². The third-order valence-electron chi connectivity index (χ3n) is 19.5. The minimum Gasteiger partial charge on any atom is -0.411 e. The van der Waals surface area contributed by atoms with E-state index in [0.29, 0.717) is 72.1 Å². The number of nitrogens with one attached hydrogen (secondary N) is 1. The highest BCUT2D eigenvalue weighted by atomic mass is 79.9. The minimum absolute atomic E-state index is 0. The maximum absolute atomic E-state index is 12.9. The fourth-order valence-corrected chi connectivity index (χ4v) is 16.3. The summed E-state index contributed by atoms with van der Waals surface area (Å²) in [7, 11) is 14.8. The summed E-state index contributed by atoms with van der Waals surface area (Å²) < 4.78 is 25.5. The number of oxime groups is 1. The lowest BCUT2D eigenvalue weighted by Gasteiger charge is -2.08. The second-order valence-corrected chi connectivity index (χ2v) is 40.6. The van der Waals surface area contributed by atoms with Crippen LogP contribution in [-0.2, 0) is 50.0 Å². The molecule has 18 rings (SSSR count). The molecule has 17 aromatic rings. The number of carbonyl (C=O) groups excluding carboxylic acids is 6. The van der Waals surface area contributed by atoms with Gasteiger partial charge in [0.2, 0.25) is 22.1 Å². The van der Waals surface area contributed by atoms with Crippen molar-refractivity contribution in [3.05, 3.63) is 307 Å². The Morgan fingerprint density at radius 1 is 0.432 bits per heavy atom. The molecule has 0 bridgehead atoms. The third-order valence-corrected chi connectivity index (χ3v) is 22.8. The third kappa shape index (κ3) is 31.4. The van der Waals surface area contributed by atoms with Gasteiger partial charge >= 0.3 is 11.4 Å². The molecule has 1 aliphatic carbocycles. The average molecular weight is 2100 g/mol. The van der Waals surface area contributed by atoms with Crippen molar-refractivity contribution < 1.29 is 58.4 Å². The molecule has 0 saturated carbocycles. The number of aromatic amines is 1. The molecule has 8 heterocycles. The molecule has 0 atom stereocenters. The Balaban J connectivity index is 0.000000214. The van der Waals surface area contributed by atoms with E-state index in [4.69, 9.17) is 71.4 Å². The highest BCUT2D eigenvalue weighted by Gasteiger charge is 2.23. The number of alkyl halides is 2. The Morgan fingerprint density at radius 3 is 1.11 bits per heavy atom. The molecule has 0 saturated heterocycles. The summed E-state index contributed by atoms with van der Waals surface area (Å²) in [6, 6.07) is 76.3. The van der Waals surface area contributed by atoms with E-state index >= 15 is 0 Å². The van der Waals surface area contributed by atoms with Crippen molar-refractivity contribution >= 4 is 291 Å². The van der Waals surface area contributed by atoms with Gasteiger partial charge in [-0.3, -0.25) is 33.3 Å². The van der Waals surface area contributed by atoms with Crippen LogP contribution >= 0.6 is 131 Å². The monoisotopic (exact) mass is 2100 g/mol. The van der Waals surface area contributed by atoms with E-state index in [-0.39, 0.29) is 53.7 Å². The first-order valence-corrected chi connectivity index (χ1v) is 52.9. The van der Waals surface area contributed by atoms with Gasteiger partial charge in [-0.2, -0.15) is 0 Å². The Labute approximate surface area is 829 Å². The van der Waals surface area contributed by atoms with Gasteiger partial charge in [0.05, 0.1) is 71.5 Å². The number of ketones is 3. The number of fused-ring (bicyclic) bond motifs is 15. The number of hydrogen-bond acceptors (Lipinski definition) is 16. The number of carbonyl (C=O) groups is 6. The van der Waals surface area contributed by atoms with Gasteiger partial charge in [-0.1, -0.05) is 161 Å². The van der Waals surface area contributed by atoms with Crippen LogP contribution in [0.5, 0.6) is 0 Å². The van der Waals surface area contributed by atoms with Crippen LogP contribution in [0.3, 0.4) is 0 Å². The van der Waals surface area contributed by atoms with Crippen LogP contribution in [0.15, 0.2) is 258 Å². The van der Waals surface area contributed by atoms with Crippen LogP contribution in [0, 0.1) is 6.08 Å². The predicted octanol–water partition coefficient (Wildman–Crippen LogP) is 28.0. The maximum Gasteiger partial charge on any atom is 0.643 e. The van der Waals surface area contributed by atoms with E-state index in [1.165, 1.54) is 114 Å². The highest BCUT2D eigenvalue weighted by Crippen LogP contribution is 2.36. The van der Waals surface area contributed by atoms with Crippen molar-refractivity contribution in [2.24, 2.45) is 5.16 Å². The lowest BCUT2D eigenvalue weighted by Crippen LogP contribution is -2.07. The molecule has 690 valence electrons. The van der Waals surface area contributed by atoms with Crippen molar-refractivity contribution in [3.63, 3.8) is 0 Å². The van der Waals surface area contributed by atoms with Crippen LogP contribution in [0.1, 0.15) is 130 Å². The van der Waals surface area contributed by atoms with Crippen LogP contribution in [0.25, 0.3) is 110 Å². The van der Waals surface area contributed by atoms with Gasteiger partial charge in [-0.05, 0) is 212 Å². The van der Waals surface area contributed by atoms with Crippen molar-refractivity contribution in [1.29, 1.82) is 0 Å². The number of aliphatic hydroxyl groups is 2. The van der Waals surface area contributed by atoms with E-state index < -0.39 is 11.4 Å². The smallest absolute Gasteiger partial charge is 0.411 e. The van der Waals surface area contributed by atoms with E-state index in [1.54, 1.807) is 26.0 Å². The summed E-state index contributed by atoms with van der Waals surface area (Å²) in [6.07, 6.45) is 9.33. The quantitative estimate of drug-likeness (QED) is 0.00570. The molecule has 4 N–H and O–H groups in total. The molecule has 0 fully saturated rings. The Hall–Kier alpha value is -9.27. The topological polar surface area (TPSA) is 239 Å². The number of thiophene rings is 3. The van der Waals surface area contributed by atoms with Gasteiger partial charge in [-0.15, -0.1) is 34.0 Å². The van der Waals surface area contributed by atoms with Crippen molar-refractivity contribution in [2.75, 3.05) is 63.5 Å². The fraction of sp³-hybridized carbons (Fsp3) is 0.225. The van der Waals surface area contributed by atoms with Gasteiger partial charge in [-0.25, -0.2) is 30.1 Å². The molecular formula is C102H104AlBr2Cl6N6O12S3+. The molecule has 8 aromatic heterocycles. The largest absolute Gasteiger partial charge is 0.643 e. The number of H-pyrrole nitrogens is 1. The Kier molecular flexibility index (Phi) is 48.3. The number of Topliss-reactive ketones (excluding diaryl/α,β-unsaturated/α-hetero) is 1. The highest BCUT2D eigenvalue weighted by molar-refractivity contribution is 9.09. The molecule has 9 aromatic carbocycles. The number of benzene rings is 9. The van der Waals surface area contributed by atoms with Gasteiger partial charge in [0.25, 0.3) is 5.24 Å². The summed E-state index contributed by atoms with van der Waals surface area (Å²) in [5.74, 6) is 0.0825. The van der Waals surface area contributed by atoms with Crippen LogP contribution < -0.4 is 0 Å². The maximum atomic E-state index is 12.9. The molecule has 1 aliphatic rings. The molecule has 0 aliphatic heterocycles. The normalized spacial score (nSPS) is 10.8. The average Bonchev–Trinajstić information content (AvgIpc) is 1.59. The molecular weight excluding hydrogens is 2000 g/mol. The van der Waals surface area contributed by atoms with E-state index in [1.807, 2.05) is 159 Å².